The van der Waals surface area contributed by atoms with E-state index in [4.69, 9.17) is 4.74 Å². The van der Waals surface area contributed by atoms with E-state index in [0.717, 1.165) is 4.90 Å². The second-order valence-electron chi connectivity index (χ2n) is 3.49. The van der Waals surface area contributed by atoms with Crippen LogP contribution in [0.3, 0.4) is 0 Å². The van der Waals surface area contributed by atoms with Crippen molar-refractivity contribution < 1.29 is 25.3 Å². The monoisotopic (exact) mass is 256 g/mol. The molecule has 1 aliphatic rings. The molecule has 1 N–H and O–H groups in total. The van der Waals surface area contributed by atoms with E-state index in [1.54, 1.807) is 0 Å². The van der Waals surface area contributed by atoms with Gasteiger partial charge in [-0.3, -0.25) is 19.3 Å². The van der Waals surface area contributed by atoms with Crippen LogP contribution in [0.25, 0.3) is 0 Å². The quantitative estimate of drug-likeness (QED) is 0.337. The zero-order valence-corrected chi connectivity index (χ0v) is 9.76. The predicted octanol–water partition coefficient (Wildman–Crippen LogP) is -1.12. The fraction of sp³-hybridized carbons (Fsp3) is 0.455. The molecule has 0 unspecified atom stereocenters. The van der Waals surface area contributed by atoms with Crippen molar-refractivity contribution in [3.8, 4) is 0 Å². The van der Waals surface area contributed by atoms with E-state index in [9.17, 15) is 19.2 Å². The molecule has 0 spiro atoms. The number of carbonyl (C=O) groups is 4. The topological polar surface area (TPSA) is 92.8 Å². The molecule has 7 nitrogen and oxygen atoms in total. The van der Waals surface area contributed by atoms with Crippen LogP contribution in [0.5, 0.6) is 0 Å². The smallest absolute Gasteiger partial charge is 0.253 e. The Balaban J connectivity index is 0.00000324. The Morgan fingerprint density at radius 2 is 2.00 bits per heavy atom. The maximum absolute atomic E-state index is 11.1. The SMILES string of the molecule is O=CCNC(=O)CCOCCN1C(=O)C=CC1=O.[HH]. The summed E-state index contributed by atoms with van der Waals surface area (Å²) in [6, 6.07) is 0. The second kappa shape index (κ2) is 7.33. The van der Waals surface area contributed by atoms with E-state index in [-0.39, 0.29) is 51.9 Å². The first-order chi connectivity index (χ1) is 8.65. The molecule has 0 saturated heterocycles. The van der Waals surface area contributed by atoms with Gasteiger partial charge in [-0.15, -0.1) is 0 Å². The van der Waals surface area contributed by atoms with Crippen LogP contribution in [0.1, 0.15) is 7.85 Å². The number of nitrogens with one attached hydrogen (secondary N) is 1. The van der Waals surface area contributed by atoms with E-state index >= 15 is 0 Å². The number of aldehydes is 1. The maximum atomic E-state index is 11.1. The standard InChI is InChI=1S/C11H14N2O5.H2/c14-6-4-12-9(15)3-7-18-8-5-13-10(16)1-2-11(13)17;/h1-2,6H,3-5,7-8H2,(H,12,15);1H. The first-order valence-electron chi connectivity index (χ1n) is 5.46. The van der Waals surface area contributed by atoms with Crippen molar-refractivity contribution in [3.05, 3.63) is 12.2 Å². The van der Waals surface area contributed by atoms with Crippen molar-refractivity contribution in [1.82, 2.24) is 10.2 Å². The first kappa shape index (κ1) is 14.0. The molecule has 1 heterocycles. The molecule has 0 atom stereocenters. The summed E-state index contributed by atoms with van der Waals surface area (Å²) in [5.41, 5.74) is 0. The fourth-order valence-electron chi connectivity index (χ4n) is 1.32. The maximum Gasteiger partial charge on any atom is 0.253 e. The summed E-state index contributed by atoms with van der Waals surface area (Å²) in [6.07, 6.45) is 3.13. The minimum Gasteiger partial charge on any atom is -0.379 e. The average Bonchev–Trinajstić information content (AvgIpc) is 2.67. The first-order valence-corrected chi connectivity index (χ1v) is 5.46. The Labute approximate surface area is 105 Å². The van der Waals surface area contributed by atoms with Gasteiger partial charge >= 0.3 is 0 Å². The second-order valence-corrected chi connectivity index (χ2v) is 3.49. The van der Waals surface area contributed by atoms with Gasteiger partial charge in [0, 0.05) is 20.0 Å². The lowest BCUT2D eigenvalue weighted by Gasteiger charge is -2.13. The highest BCUT2D eigenvalue weighted by atomic mass is 16.5. The van der Waals surface area contributed by atoms with Crippen LogP contribution in [0, 0.1) is 0 Å². The molecular weight excluding hydrogens is 240 g/mol. The third-order valence-corrected chi connectivity index (χ3v) is 2.22. The van der Waals surface area contributed by atoms with E-state index < -0.39 is 0 Å². The lowest BCUT2D eigenvalue weighted by molar-refractivity contribution is -0.138. The van der Waals surface area contributed by atoms with Gasteiger partial charge in [0.2, 0.25) is 5.91 Å². The minimum atomic E-state index is -0.354. The van der Waals surface area contributed by atoms with Gasteiger partial charge in [0.1, 0.15) is 6.29 Å². The Bertz CT molecular complexity index is 365. The summed E-state index contributed by atoms with van der Waals surface area (Å²) >= 11 is 0. The predicted molar refractivity (Wildman–Crippen MR) is 62.5 cm³/mol. The molecule has 0 saturated carbocycles. The number of imide groups is 1. The summed E-state index contributed by atoms with van der Waals surface area (Å²) in [5.74, 6) is -0.989. The van der Waals surface area contributed by atoms with Crippen LogP contribution >= 0.6 is 0 Å². The molecule has 1 rings (SSSR count). The van der Waals surface area contributed by atoms with Crippen LogP contribution in [0.4, 0.5) is 0 Å². The molecule has 0 bridgehead atoms. The van der Waals surface area contributed by atoms with Crippen LogP contribution in [-0.4, -0.2) is 55.2 Å². The van der Waals surface area contributed by atoms with Gasteiger partial charge in [-0.25, -0.2) is 0 Å². The highest BCUT2D eigenvalue weighted by Crippen LogP contribution is 2.02. The summed E-state index contributed by atoms with van der Waals surface area (Å²) in [4.78, 5) is 44.4. The molecule has 0 aromatic carbocycles. The van der Waals surface area contributed by atoms with Crippen molar-refractivity contribution in [2.45, 2.75) is 6.42 Å². The van der Waals surface area contributed by atoms with Gasteiger partial charge in [0.15, 0.2) is 0 Å². The summed E-state index contributed by atoms with van der Waals surface area (Å²) in [6.45, 7) is 0.510. The molecule has 0 aliphatic carbocycles. The number of ether oxygens (including phenoxy) is 1. The molecule has 0 fully saturated rings. The van der Waals surface area contributed by atoms with Crippen molar-refractivity contribution in [2.75, 3.05) is 26.3 Å². The van der Waals surface area contributed by atoms with Gasteiger partial charge in [-0.05, 0) is 0 Å². The highest BCUT2D eigenvalue weighted by molar-refractivity contribution is 6.12. The number of hydrogen-bond acceptors (Lipinski definition) is 5. The number of hydrogen-bond donors (Lipinski definition) is 1. The molecule has 1 aliphatic heterocycles. The van der Waals surface area contributed by atoms with Crippen molar-refractivity contribution >= 4 is 24.0 Å². The molecule has 0 aromatic heterocycles. The van der Waals surface area contributed by atoms with Crippen LogP contribution in [0.2, 0.25) is 0 Å². The molecule has 7 heteroatoms. The lowest BCUT2D eigenvalue weighted by Crippen LogP contribution is -2.33. The fourth-order valence-corrected chi connectivity index (χ4v) is 1.32. The Morgan fingerprint density at radius 1 is 1.33 bits per heavy atom. The largest absolute Gasteiger partial charge is 0.379 e. The van der Waals surface area contributed by atoms with Crippen LogP contribution in [0.15, 0.2) is 12.2 Å². The molecule has 18 heavy (non-hydrogen) atoms. The van der Waals surface area contributed by atoms with E-state index in [0.29, 0.717) is 6.29 Å². The van der Waals surface area contributed by atoms with Crippen LogP contribution in [-0.2, 0) is 23.9 Å². The third kappa shape index (κ3) is 4.46. The van der Waals surface area contributed by atoms with Gasteiger partial charge in [0.05, 0.1) is 26.3 Å². The summed E-state index contributed by atoms with van der Waals surface area (Å²) in [7, 11) is 0. The van der Waals surface area contributed by atoms with Gasteiger partial charge in [-0.1, -0.05) is 0 Å². The van der Waals surface area contributed by atoms with Gasteiger partial charge < -0.3 is 14.8 Å². The lowest BCUT2D eigenvalue weighted by atomic mass is 10.4. The molecule has 3 amide bonds. The third-order valence-electron chi connectivity index (χ3n) is 2.22. The normalized spacial score (nSPS) is 14.1. The minimum absolute atomic E-state index is 0. The van der Waals surface area contributed by atoms with Crippen molar-refractivity contribution in [1.29, 1.82) is 0 Å². The average molecular weight is 256 g/mol. The number of amides is 3. The van der Waals surface area contributed by atoms with E-state index in [1.807, 2.05) is 0 Å². The molecule has 0 radical (unpaired) electrons. The molecular formula is C11H16N2O5. The van der Waals surface area contributed by atoms with Gasteiger partial charge in [-0.2, -0.15) is 0 Å². The Hall–Kier alpha value is -2.02. The Morgan fingerprint density at radius 3 is 2.61 bits per heavy atom. The van der Waals surface area contributed by atoms with Crippen molar-refractivity contribution in [3.63, 3.8) is 0 Å². The zero-order chi connectivity index (χ0) is 13.4. The van der Waals surface area contributed by atoms with E-state index in [2.05, 4.69) is 5.32 Å². The summed E-state index contributed by atoms with van der Waals surface area (Å²) < 4.78 is 5.12. The van der Waals surface area contributed by atoms with Gasteiger partial charge in [0.25, 0.3) is 11.8 Å². The number of carbonyl (C=O) groups excluding carboxylic acids is 4. The number of rotatable bonds is 8. The highest BCUT2D eigenvalue weighted by Gasteiger charge is 2.22. The van der Waals surface area contributed by atoms with E-state index in [1.165, 1.54) is 12.2 Å². The van der Waals surface area contributed by atoms with Crippen LogP contribution < -0.4 is 5.32 Å². The number of nitrogens with zero attached hydrogens (tertiary/aromatic N) is 1. The molecule has 100 valence electrons. The van der Waals surface area contributed by atoms with Crippen molar-refractivity contribution in [2.24, 2.45) is 0 Å². The zero-order valence-electron chi connectivity index (χ0n) is 9.76. The molecule has 0 aromatic rings. The Kier molecular flexibility index (Phi) is 5.72. The summed E-state index contributed by atoms with van der Waals surface area (Å²) in [5, 5.41) is 2.36.